The third-order valence-corrected chi connectivity index (χ3v) is 6.16. The first-order valence-corrected chi connectivity index (χ1v) is 9.77. The van der Waals surface area contributed by atoms with Crippen LogP contribution in [-0.2, 0) is 16.0 Å². The van der Waals surface area contributed by atoms with Gasteiger partial charge in [0.05, 0.1) is 29.5 Å². The number of halogens is 3. The summed E-state index contributed by atoms with van der Waals surface area (Å²) in [5, 5.41) is 13.3. The molecule has 0 saturated carbocycles. The molecule has 1 atom stereocenters. The molecule has 2 aromatic rings. The van der Waals surface area contributed by atoms with Crippen LogP contribution in [0, 0.1) is 18.6 Å². The predicted octanol–water partition coefficient (Wildman–Crippen LogP) is 2.01. The van der Waals surface area contributed by atoms with Gasteiger partial charge in [-0.2, -0.15) is 28.0 Å². The Hall–Kier alpha value is -2.02. The topological polar surface area (TPSA) is 97.9 Å². The Labute approximate surface area is 151 Å². The fourth-order valence-corrected chi connectivity index (χ4v) is 4.76. The van der Waals surface area contributed by atoms with Gasteiger partial charge in [0.15, 0.2) is 9.84 Å². The molecule has 2 aromatic heterocycles. The smallest absolute Gasteiger partial charge is 0.265 e. The van der Waals surface area contributed by atoms with Gasteiger partial charge < -0.3 is 0 Å². The molecule has 8 nitrogen and oxygen atoms in total. The van der Waals surface area contributed by atoms with Gasteiger partial charge in [-0.25, -0.2) is 13.5 Å². The van der Waals surface area contributed by atoms with Crippen LogP contribution < -0.4 is 0 Å². The number of rotatable bonds is 3. The standard InChI is InChI=1S/C13H15F3N6O2S2/c1-7-10(5-17-22-11(13(14,15)16)18-19-12(22)25)8(2)21(20-7)9-3-4-26(23,24)6-9/h5,9H,3-4,6H2,1-2H3,(H,19,25)/b17-5-/t9-/m1/s1. The number of aryl methyl sites for hydroxylation is 1. The van der Waals surface area contributed by atoms with E-state index in [1.54, 1.807) is 18.5 Å². The van der Waals surface area contributed by atoms with Crippen molar-refractivity contribution in [3.63, 3.8) is 0 Å². The first kappa shape index (κ1) is 18.8. The highest BCUT2D eigenvalue weighted by Gasteiger charge is 2.37. The van der Waals surface area contributed by atoms with E-state index >= 15 is 0 Å². The van der Waals surface area contributed by atoms with Crippen molar-refractivity contribution in [2.75, 3.05) is 11.5 Å². The fourth-order valence-electron chi connectivity index (χ4n) is 2.88. The van der Waals surface area contributed by atoms with E-state index in [4.69, 9.17) is 12.2 Å². The van der Waals surface area contributed by atoms with E-state index in [1.165, 1.54) is 6.21 Å². The lowest BCUT2D eigenvalue weighted by Gasteiger charge is -2.10. The molecule has 0 amide bonds. The second-order valence-electron chi connectivity index (χ2n) is 5.99. The summed E-state index contributed by atoms with van der Waals surface area (Å²) in [7, 11) is -3.09. The lowest BCUT2D eigenvalue weighted by Crippen LogP contribution is -2.14. The Bertz CT molecular complexity index is 1030. The van der Waals surface area contributed by atoms with Crippen molar-refractivity contribution in [1.29, 1.82) is 0 Å². The van der Waals surface area contributed by atoms with Gasteiger partial charge in [0.2, 0.25) is 4.77 Å². The fraction of sp³-hybridized carbons (Fsp3) is 0.538. The highest BCUT2D eigenvalue weighted by atomic mass is 32.2. The largest absolute Gasteiger partial charge is 0.453 e. The van der Waals surface area contributed by atoms with Crippen molar-refractivity contribution >= 4 is 28.3 Å². The molecule has 0 spiro atoms. The van der Waals surface area contributed by atoms with Gasteiger partial charge in [-0.05, 0) is 32.5 Å². The molecule has 3 rings (SSSR count). The lowest BCUT2D eigenvalue weighted by molar-refractivity contribution is -0.147. The Morgan fingerprint density at radius 3 is 2.65 bits per heavy atom. The maximum Gasteiger partial charge on any atom is 0.453 e. The highest BCUT2D eigenvalue weighted by Crippen LogP contribution is 2.28. The van der Waals surface area contributed by atoms with E-state index in [9.17, 15) is 21.6 Å². The van der Waals surface area contributed by atoms with Crippen LogP contribution >= 0.6 is 12.2 Å². The summed E-state index contributed by atoms with van der Waals surface area (Å²) in [6.45, 7) is 3.39. The van der Waals surface area contributed by atoms with Crippen LogP contribution in [0.2, 0.25) is 0 Å². The number of H-pyrrole nitrogens is 1. The maximum absolute atomic E-state index is 12.9. The second kappa shape index (κ2) is 6.30. The molecule has 142 valence electrons. The third kappa shape index (κ3) is 3.45. The number of aromatic nitrogens is 5. The molecule has 0 radical (unpaired) electrons. The summed E-state index contributed by atoms with van der Waals surface area (Å²) in [4.78, 5) is 0. The van der Waals surface area contributed by atoms with Gasteiger partial charge >= 0.3 is 6.18 Å². The minimum atomic E-state index is -4.71. The van der Waals surface area contributed by atoms with Gasteiger partial charge in [-0.15, -0.1) is 5.10 Å². The lowest BCUT2D eigenvalue weighted by atomic mass is 10.2. The summed E-state index contributed by atoms with van der Waals surface area (Å²) in [6.07, 6.45) is -3.04. The molecule has 1 aliphatic rings. The summed E-state index contributed by atoms with van der Waals surface area (Å²) in [6, 6.07) is -0.289. The van der Waals surface area contributed by atoms with Crippen LogP contribution in [0.4, 0.5) is 13.2 Å². The zero-order valence-electron chi connectivity index (χ0n) is 13.8. The average Bonchev–Trinajstić information content (AvgIpc) is 3.14. The molecular weight excluding hydrogens is 393 g/mol. The van der Waals surface area contributed by atoms with Crippen LogP contribution in [0.25, 0.3) is 0 Å². The highest BCUT2D eigenvalue weighted by molar-refractivity contribution is 7.91. The zero-order valence-corrected chi connectivity index (χ0v) is 15.4. The number of hydrogen-bond donors (Lipinski definition) is 1. The van der Waals surface area contributed by atoms with E-state index in [0.29, 0.717) is 28.0 Å². The van der Waals surface area contributed by atoms with Gasteiger partial charge in [-0.1, -0.05) is 0 Å². The van der Waals surface area contributed by atoms with Crippen LogP contribution in [0.3, 0.4) is 0 Å². The molecule has 1 fully saturated rings. The third-order valence-electron chi connectivity index (χ3n) is 4.14. The van der Waals surface area contributed by atoms with Crippen molar-refractivity contribution in [2.24, 2.45) is 5.10 Å². The Kier molecular flexibility index (Phi) is 4.55. The molecule has 1 aliphatic heterocycles. The molecule has 0 aliphatic carbocycles. The molecule has 0 bridgehead atoms. The van der Waals surface area contributed by atoms with Crippen LogP contribution in [0.5, 0.6) is 0 Å². The van der Waals surface area contributed by atoms with Crippen molar-refractivity contribution < 1.29 is 21.6 Å². The van der Waals surface area contributed by atoms with Crippen molar-refractivity contribution in [1.82, 2.24) is 24.7 Å². The first-order valence-electron chi connectivity index (χ1n) is 7.54. The number of nitrogens with zero attached hydrogens (tertiary/aromatic N) is 5. The SMILES string of the molecule is Cc1nn([C@@H]2CCS(=O)(=O)C2)c(C)c1/C=N\n1c(C(F)(F)F)n[nH]c1=S. The molecule has 1 saturated heterocycles. The van der Waals surface area contributed by atoms with E-state index in [0.717, 1.165) is 0 Å². The molecular formula is C13H15F3N6O2S2. The number of sulfone groups is 1. The quantitative estimate of drug-likeness (QED) is 0.619. The molecule has 26 heavy (non-hydrogen) atoms. The summed E-state index contributed by atoms with van der Waals surface area (Å²) >= 11 is 4.78. The van der Waals surface area contributed by atoms with E-state index in [2.05, 4.69) is 20.4 Å². The van der Waals surface area contributed by atoms with E-state index < -0.39 is 21.8 Å². The maximum atomic E-state index is 12.9. The first-order chi connectivity index (χ1) is 12.0. The number of nitrogens with one attached hydrogen (secondary N) is 1. The van der Waals surface area contributed by atoms with Crippen molar-refractivity contribution in [3.05, 3.63) is 27.5 Å². The average molecular weight is 408 g/mol. The van der Waals surface area contributed by atoms with E-state index in [1.807, 2.05) is 0 Å². The van der Waals surface area contributed by atoms with Gasteiger partial charge in [0, 0.05) is 11.3 Å². The van der Waals surface area contributed by atoms with Gasteiger partial charge in [0.25, 0.3) is 5.82 Å². The minimum absolute atomic E-state index is 0.00342. The monoisotopic (exact) mass is 408 g/mol. The van der Waals surface area contributed by atoms with Gasteiger partial charge in [-0.3, -0.25) is 4.68 Å². The minimum Gasteiger partial charge on any atom is -0.265 e. The van der Waals surface area contributed by atoms with Crippen molar-refractivity contribution in [3.8, 4) is 0 Å². The Balaban J connectivity index is 1.97. The zero-order chi connectivity index (χ0) is 19.3. The Morgan fingerprint density at radius 2 is 2.08 bits per heavy atom. The van der Waals surface area contributed by atoms with E-state index in [-0.39, 0.29) is 22.3 Å². The summed E-state index contributed by atoms with van der Waals surface area (Å²) < 4.78 is 63.9. The molecule has 1 N–H and O–H groups in total. The molecule has 0 unspecified atom stereocenters. The molecule has 13 heteroatoms. The van der Waals surface area contributed by atoms with Crippen molar-refractivity contribution in [2.45, 2.75) is 32.5 Å². The van der Waals surface area contributed by atoms with Crippen LogP contribution in [0.15, 0.2) is 5.10 Å². The second-order valence-corrected chi connectivity index (χ2v) is 8.61. The Morgan fingerprint density at radius 1 is 1.38 bits per heavy atom. The number of alkyl halides is 3. The predicted molar refractivity (Wildman–Crippen MR) is 89.4 cm³/mol. The normalized spacial score (nSPS) is 20.3. The summed E-state index contributed by atoms with van der Waals surface area (Å²) in [5.41, 5.74) is 1.65. The number of aromatic amines is 1. The molecule has 3 heterocycles. The number of hydrogen-bond acceptors (Lipinski definition) is 6. The molecule has 0 aromatic carbocycles. The van der Waals surface area contributed by atoms with Crippen LogP contribution in [-0.4, -0.2) is 50.8 Å². The van der Waals surface area contributed by atoms with Crippen LogP contribution in [0.1, 0.15) is 35.2 Å². The van der Waals surface area contributed by atoms with Gasteiger partial charge in [0.1, 0.15) is 0 Å². The summed E-state index contributed by atoms with van der Waals surface area (Å²) in [5.74, 6) is -1.17.